The number of amides is 1. The zero-order valence-corrected chi connectivity index (χ0v) is 19.7. The normalized spacial score (nSPS) is 20.9. The van der Waals surface area contributed by atoms with Gasteiger partial charge in [0.1, 0.15) is 0 Å². The van der Waals surface area contributed by atoms with E-state index in [1.54, 1.807) is 12.1 Å². The molecule has 1 saturated heterocycles. The second kappa shape index (κ2) is 9.81. The third-order valence-corrected chi connectivity index (χ3v) is 6.50. The van der Waals surface area contributed by atoms with Gasteiger partial charge in [-0.25, -0.2) is 0 Å². The summed E-state index contributed by atoms with van der Waals surface area (Å²) in [5.74, 6) is -0.0972. The Bertz CT molecular complexity index is 1030. The van der Waals surface area contributed by atoms with Crippen LogP contribution in [-0.4, -0.2) is 42.3 Å². The highest BCUT2D eigenvalue weighted by Crippen LogP contribution is 2.44. The molecule has 176 valence electrons. The first-order valence-corrected chi connectivity index (χ1v) is 11.9. The minimum Gasteiger partial charge on any atom is -0.490 e. The van der Waals surface area contributed by atoms with Crippen molar-refractivity contribution in [3.63, 3.8) is 0 Å². The molecule has 1 aromatic carbocycles. The summed E-state index contributed by atoms with van der Waals surface area (Å²) >= 11 is 0. The number of ketones is 1. The Morgan fingerprint density at radius 2 is 1.85 bits per heavy atom. The van der Waals surface area contributed by atoms with Crippen molar-refractivity contribution in [2.24, 2.45) is 0 Å². The first-order chi connectivity index (χ1) is 15.9. The zero-order chi connectivity index (χ0) is 23.5. The smallest absolute Gasteiger partial charge is 0.308 e. The number of piperidine rings is 1. The molecule has 1 atom stereocenters. The number of rotatable bonds is 5. The number of Topliss-reactive ketones (excluding diaryl/α,β-unsaturated/α-hetero) is 1. The number of carbonyl (C=O) groups is 3. The second-order valence-electron chi connectivity index (χ2n) is 8.85. The second-order valence-corrected chi connectivity index (χ2v) is 8.85. The average Bonchev–Trinajstić information content (AvgIpc) is 2.79. The summed E-state index contributed by atoms with van der Waals surface area (Å²) in [7, 11) is 0. The minimum absolute atomic E-state index is 0.0170. The fraction of sp³-hybridized carbons (Fsp3) is 0.500. The van der Waals surface area contributed by atoms with Crippen LogP contribution in [0.5, 0.6) is 11.5 Å². The van der Waals surface area contributed by atoms with Crippen LogP contribution in [0.4, 0.5) is 0 Å². The van der Waals surface area contributed by atoms with Gasteiger partial charge in [0.05, 0.1) is 6.61 Å². The van der Waals surface area contributed by atoms with Crippen LogP contribution in [0.2, 0.25) is 0 Å². The lowest BCUT2D eigenvalue weighted by molar-refractivity contribution is -0.132. The molecule has 1 amide bonds. The topological polar surface area (TPSA) is 84.9 Å². The number of dihydropyridines is 1. The fourth-order valence-corrected chi connectivity index (χ4v) is 5.08. The first kappa shape index (κ1) is 23.1. The maximum Gasteiger partial charge on any atom is 0.308 e. The van der Waals surface area contributed by atoms with Crippen molar-refractivity contribution >= 4 is 17.7 Å². The molecule has 4 rings (SSSR count). The van der Waals surface area contributed by atoms with Crippen molar-refractivity contribution in [1.82, 2.24) is 10.2 Å². The van der Waals surface area contributed by atoms with E-state index in [-0.39, 0.29) is 11.7 Å². The predicted molar refractivity (Wildman–Crippen MR) is 124 cm³/mol. The monoisotopic (exact) mass is 452 g/mol. The summed E-state index contributed by atoms with van der Waals surface area (Å²) < 4.78 is 11.1. The van der Waals surface area contributed by atoms with E-state index in [9.17, 15) is 14.4 Å². The summed E-state index contributed by atoms with van der Waals surface area (Å²) in [6, 6.07) is 5.33. The van der Waals surface area contributed by atoms with Crippen molar-refractivity contribution < 1.29 is 23.9 Å². The van der Waals surface area contributed by atoms with Crippen LogP contribution in [0.15, 0.2) is 40.7 Å². The van der Waals surface area contributed by atoms with Gasteiger partial charge in [-0.15, -0.1) is 0 Å². The quantitative estimate of drug-likeness (QED) is 0.537. The SMILES string of the molecule is CCOc1cc([C@@H]2C(C(=O)N3CCCCC3)=C(C)NC3=C2C(=O)CCC3)ccc1OC(C)=O. The van der Waals surface area contributed by atoms with Gasteiger partial charge in [-0.05, 0) is 63.6 Å². The van der Waals surface area contributed by atoms with Gasteiger partial charge in [0.25, 0.3) is 5.91 Å². The van der Waals surface area contributed by atoms with Crippen molar-refractivity contribution in [1.29, 1.82) is 0 Å². The molecule has 1 N–H and O–H groups in total. The molecule has 7 nitrogen and oxygen atoms in total. The van der Waals surface area contributed by atoms with E-state index in [0.717, 1.165) is 62.2 Å². The lowest BCUT2D eigenvalue weighted by atomic mass is 9.74. The van der Waals surface area contributed by atoms with Gasteiger partial charge in [0.15, 0.2) is 17.3 Å². The van der Waals surface area contributed by atoms with Gasteiger partial charge in [0, 0.05) is 54.9 Å². The maximum atomic E-state index is 13.7. The number of carbonyl (C=O) groups excluding carboxylic acids is 3. The van der Waals surface area contributed by atoms with Crippen LogP contribution >= 0.6 is 0 Å². The highest BCUT2D eigenvalue weighted by molar-refractivity contribution is 6.05. The van der Waals surface area contributed by atoms with E-state index >= 15 is 0 Å². The molecule has 0 spiro atoms. The number of hydrogen-bond donors (Lipinski definition) is 1. The van der Waals surface area contributed by atoms with Gasteiger partial charge in [-0.3, -0.25) is 14.4 Å². The third-order valence-electron chi connectivity index (χ3n) is 6.50. The summed E-state index contributed by atoms with van der Waals surface area (Å²) in [5, 5.41) is 3.39. The number of esters is 1. The van der Waals surface area contributed by atoms with E-state index < -0.39 is 11.9 Å². The van der Waals surface area contributed by atoms with Gasteiger partial charge < -0.3 is 19.7 Å². The van der Waals surface area contributed by atoms with Gasteiger partial charge in [-0.2, -0.15) is 0 Å². The average molecular weight is 453 g/mol. The number of allylic oxidation sites excluding steroid dienone is 3. The van der Waals surface area contributed by atoms with Gasteiger partial charge >= 0.3 is 5.97 Å². The molecule has 3 aliphatic rings. The Balaban J connectivity index is 1.82. The number of likely N-dealkylation sites (tertiary alicyclic amines) is 1. The Morgan fingerprint density at radius 3 is 2.55 bits per heavy atom. The maximum absolute atomic E-state index is 13.7. The molecular weight excluding hydrogens is 420 g/mol. The minimum atomic E-state index is -0.478. The Labute approximate surface area is 194 Å². The predicted octanol–water partition coefficient (Wildman–Crippen LogP) is 3.99. The molecule has 2 heterocycles. The third kappa shape index (κ3) is 4.68. The van der Waals surface area contributed by atoms with E-state index in [1.807, 2.05) is 24.8 Å². The highest BCUT2D eigenvalue weighted by Gasteiger charge is 2.40. The van der Waals surface area contributed by atoms with Gasteiger partial charge in [-0.1, -0.05) is 6.07 Å². The lowest BCUT2D eigenvalue weighted by Gasteiger charge is -2.37. The number of hydrogen-bond acceptors (Lipinski definition) is 6. The van der Waals surface area contributed by atoms with Crippen LogP contribution in [0, 0.1) is 0 Å². The van der Waals surface area contributed by atoms with E-state index in [4.69, 9.17) is 9.47 Å². The molecule has 33 heavy (non-hydrogen) atoms. The molecule has 0 saturated carbocycles. The first-order valence-electron chi connectivity index (χ1n) is 11.9. The summed E-state index contributed by atoms with van der Waals surface area (Å²) in [4.78, 5) is 40.3. The number of nitrogens with zero attached hydrogens (tertiary/aromatic N) is 1. The molecule has 0 radical (unpaired) electrons. The molecule has 2 aliphatic heterocycles. The summed E-state index contributed by atoms with van der Waals surface area (Å²) in [6.45, 7) is 6.98. The molecule has 1 aliphatic carbocycles. The van der Waals surface area contributed by atoms with E-state index in [1.165, 1.54) is 6.92 Å². The molecule has 7 heteroatoms. The molecular formula is C26H32N2O5. The van der Waals surface area contributed by atoms with Crippen LogP contribution in [0.25, 0.3) is 0 Å². The Kier molecular flexibility index (Phi) is 6.86. The Morgan fingerprint density at radius 1 is 1.09 bits per heavy atom. The lowest BCUT2D eigenvalue weighted by Crippen LogP contribution is -2.42. The van der Waals surface area contributed by atoms with Crippen molar-refractivity contribution in [2.45, 2.75) is 65.2 Å². The molecule has 1 aromatic rings. The van der Waals surface area contributed by atoms with Crippen molar-refractivity contribution in [2.75, 3.05) is 19.7 Å². The van der Waals surface area contributed by atoms with Gasteiger partial charge in [0.2, 0.25) is 0 Å². The van der Waals surface area contributed by atoms with Crippen LogP contribution in [0.3, 0.4) is 0 Å². The largest absolute Gasteiger partial charge is 0.490 e. The molecule has 0 aromatic heterocycles. The molecule has 0 unspecified atom stereocenters. The summed E-state index contributed by atoms with van der Waals surface area (Å²) in [6.07, 6.45) is 5.18. The van der Waals surface area contributed by atoms with E-state index in [2.05, 4.69) is 5.32 Å². The Hall–Kier alpha value is -3.09. The van der Waals surface area contributed by atoms with Crippen LogP contribution in [0.1, 0.15) is 70.8 Å². The van der Waals surface area contributed by atoms with Crippen molar-refractivity contribution in [3.8, 4) is 11.5 Å². The summed E-state index contributed by atoms with van der Waals surface area (Å²) in [5.41, 5.74) is 3.79. The zero-order valence-electron chi connectivity index (χ0n) is 19.7. The van der Waals surface area contributed by atoms with E-state index in [0.29, 0.717) is 35.7 Å². The van der Waals surface area contributed by atoms with Crippen molar-refractivity contribution in [3.05, 3.63) is 46.3 Å². The standard InChI is InChI=1S/C26H32N2O5/c1-4-32-22-15-18(11-12-21(22)33-17(3)29)24-23(26(31)28-13-6-5-7-14-28)16(2)27-19-9-8-10-20(30)25(19)24/h11-12,15,24,27H,4-10,13-14H2,1-3H3/t24-/m1/s1. The fourth-order valence-electron chi connectivity index (χ4n) is 5.08. The molecule has 0 bridgehead atoms. The number of nitrogens with one attached hydrogen (secondary N) is 1. The number of benzene rings is 1. The molecule has 1 fully saturated rings. The number of ether oxygens (including phenoxy) is 2. The van der Waals surface area contributed by atoms with Crippen LogP contribution in [-0.2, 0) is 14.4 Å². The highest BCUT2D eigenvalue weighted by atomic mass is 16.6. The van der Waals surface area contributed by atoms with Crippen LogP contribution < -0.4 is 14.8 Å².